The van der Waals surface area contributed by atoms with Crippen LogP contribution in [-0.2, 0) is 0 Å². The van der Waals surface area contributed by atoms with Crippen LogP contribution in [0.2, 0.25) is 0 Å². The maximum atomic E-state index is 10.4. The van der Waals surface area contributed by atoms with E-state index in [1.807, 2.05) is 19.1 Å². The molecular formula is C10H12N2O2. The zero-order valence-corrected chi connectivity index (χ0v) is 7.93. The molecule has 1 aromatic rings. The van der Waals surface area contributed by atoms with Crippen LogP contribution in [0.25, 0.3) is 6.08 Å². The van der Waals surface area contributed by atoms with Crippen molar-refractivity contribution in [3.63, 3.8) is 0 Å². The van der Waals surface area contributed by atoms with Crippen LogP contribution >= 0.6 is 0 Å². The Morgan fingerprint density at radius 3 is 2.79 bits per heavy atom. The third-order valence-electron chi connectivity index (χ3n) is 1.90. The number of rotatable bonds is 3. The van der Waals surface area contributed by atoms with Crippen molar-refractivity contribution in [1.29, 1.82) is 0 Å². The molecule has 0 saturated heterocycles. The molecule has 0 aromatic heterocycles. The van der Waals surface area contributed by atoms with Gasteiger partial charge < -0.3 is 5.73 Å². The summed E-state index contributed by atoms with van der Waals surface area (Å²) in [4.78, 5) is 10.0. The summed E-state index contributed by atoms with van der Waals surface area (Å²) >= 11 is 0. The van der Waals surface area contributed by atoms with E-state index in [2.05, 4.69) is 0 Å². The van der Waals surface area contributed by atoms with Crippen molar-refractivity contribution in [1.82, 2.24) is 0 Å². The van der Waals surface area contributed by atoms with E-state index in [1.165, 1.54) is 6.07 Å². The average molecular weight is 192 g/mol. The lowest BCUT2D eigenvalue weighted by molar-refractivity contribution is -0.384. The van der Waals surface area contributed by atoms with E-state index < -0.39 is 4.92 Å². The predicted molar refractivity (Wildman–Crippen MR) is 55.9 cm³/mol. The number of hydrogen-bond donors (Lipinski definition) is 1. The summed E-state index contributed by atoms with van der Waals surface area (Å²) in [6.07, 6.45) is 3.67. The van der Waals surface area contributed by atoms with E-state index in [-0.39, 0.29) is 5.69 Å². The lowest BCUT2D eigenvalue weighted by Crippen LogP contribution is -1.93. The van der Waals surface area contributed by atoms with Crippen molar-refractivity contribution in [2.45, 2.75) is 6.92 Å². The number of nitro benzene ring substituents is 1. The normalized spacial score (nSPS) is 10.7. The van der Waals surface area contributed by atoms with Gasteiger partial charge in [-0.3, -0.25) is 10.1 Å². The maximum Gasteiger partial charge on any atom is 0.269 e. The molecular weight excluding hydrogens is 180 g/mol. The van der Waals surface area contributed by atoms with Crippen molar-refractivity contribution in [3.8, 4) is 0 Å². The molecule has 0 bridgehead atoms. The van der Waals surface area contributed by atoms with Crippen LogP contribution in [0.5, 0.6) is 0 Å². The van der Waals surface area contributed by atoms with Crippen molar-refractivity contribution in [2.75, 3.05) is 6.54 Å². The summed E-state index contributed by atoms with van der Waals surface area (Å²) in [6, 6.07) is 4.76. The highest BCUT2D eigenvalue weighted by Gasteiger charge is 2.05. The van der Waals surface area contributed by atoms with Gasteiger partial charge in [0.1, 0.15) is 0 Å². The van der Waals surface area contributed by atoms with E-state index >= 15 is 0 Å². The highest BCUT2D eigenvalue weighted by molar-refractivity contribution is 5.56. The van der Waals surface area contributed by atoms with Crippen molar-refractivity contribution >= 4 is 11.8 Å². The number of non-ortho nitro benzene ring substituents is 1. The number of nitrogens with two attached hydrogens (primary N) is 1. The van der Waals surface area contributed by atoms with Gasteiger partial charge in [0.2, 0.25) is 0 Å². The first-order valence-electron chi connectivity index (χ1n) is 4.27. The molecule has 0 amide bonds. The molecule has 4 heteroatoms. The Balaban J connectivity index is 3.01. The van der Waals surface area contributed by atoms with Gasteiger partial charge in [-0.1, -0.05) is 12.2 Å². The fraction of sp³-hybridized carbons (Fsp3) is 0.200. The molecule has 0 saturated carbocycles. The highest BCUT2D eigenvalue weighted by Crippen LogP contribution is 2.17. The van der Waals surface area contributed by atoms with Crippen molar-refractivity contribution in [3.05, 3.63) is 45.5 Å². The molecule has 1 aromatic carbocycles. The van der Waals surface area contributed by atoms with Crippen LogP contribution in [0.1, 0.15) is 11.1 Å². The van der Waals surface area contributed by atoms with Crippen LogP contribution in [0.15, 0.2) is 24.3 Å². The number of benzene rings is 1. The Morgan fingerprint density at radius 2 is 2.29 bits per heavy atom. The standard InChI is InChI=1S/C10H12N2O2/c1-8-7-10(12(13)14)5-4-9(8)3-2-6-11/h2-5,7H,6,11H2,1H3. The molecule has 0 aliphatic rings. The molecule has 4 nitrogen and oxygen atoms in total. The number of nitro groups is 1. The van der Waals surface area contributed by atoms with Gasteiger partial charge in [0.15, 0.2) is 0 Å². The molecule has 0 unspecified atom stereocenters. The molecule has 0 heterocycles. The quantitative estimate of drug-likeness (QED) is 0.587. The molecule has 0 aliphatic heterocycles. The zero-order chi connectivity index (χ0) is 10.6. The van der Waals surface area contributed by atoms with Crippen LogP contribution in [0.3, 0.4) is 0 Å². The van der Waals surface area contributed by atoms with Gasteiger partial charge in [-0.25, -0.2) is 0 Å². The molecule has 0 atom stereocenters. The smallest absolute Gasteiger partial charge is 0.269 e. The van der Waals surface area contributed by atoms with E-state index in [0.717, 1.165) is 11.1 Å². The molecule has 0 spiro atoms. The van der Waals surface area contributed by atoms with E-state index in [1.54, 1.807) is 12.1 Å². The number of hydrogen-bond acceptors (Lipinski definition) is 3. The topological polar surface area (TPSA) is 69.2 Å². The predicted octanol–water partition coefficient (Wildman–Crippen LogP) is 1.88. The van der Waals surface area contributed by atoms with E-state index in [9.17, 15) is 10.1 Å². The van der Waals surface area contributed by atoms with Crippen molar-refractivity contribution < 1.29 is 4.92 Å². The van der Waals surface area contributed by atoms with Gasteiger partial charge in [-0.05, 0) is 24.1 Å². The van der Waals surface area contributed by atoms with Crippen LogP contribution < -0.4 is 5.73 Å². The van der Waals surface area contributed by atoms with Gasteiger partial charge in [0, 0.05) is 18.7 Å². The first-order valence-corrected chi connectivity index (χ1v) is 4.27. The molecule has 0 fully saturated rings. The minimum absolute atomic E-state index is 0.118. The zero-order valence-electron chi connectivity index (χ0n) is 7.93. The number of aryl methyl sites for hydroxylation is 1. The molecule has 2 N–H and O–H groups in total. The fourth-order valence-electron chi connectivity index (χ4n) is 1.16. The maximum absolute atomic E-state index is 10.4. The third-order valence-corrected chi connectivity index (χ3v) is 1.90. The number of nitrogens with zero attached hydrogens (tertiary/aromatic N) is 1. The summed E-state index contributed by atoms with van der Waals surface area (Å²) in [5.74, 6) is 0. The average Bonchev–Trinajstić information content (AvgIpc) is 2.15. The first kappa shape index (κ1) is 10.4. The second-order valence-corrected chi connectivity index (χ2v) is 2.94. The molecule has 1 rings (SSSR count). The monoisotopic (exact) mass is 192 g/mol. The van der Waals surface area contributed by atoms with Gasteiger partial charge in [-0.15, -0.1) is 0 Å². The van der Waals surface area contributed by atoms with Gasteiger partial charge in [0.05, 0.1) is 4.92 Å². The minimum atomic E-state index is -0.399. The second kappa shape index (κ2) is 4.53. The van der Waals surface area contributed by atoms with Crippen LogP contribution in [-0.4, -0.2) is 11.5 Å². The van der Waals surface area contributed by atoms with Gasteiger partial charge in [-0.2, -0.15) is 0 Å². The first-order chi connectivity index (χ1) is 6.65. The highest BCUT2D eigenvalue weighted by atomic mass is 16.6. The minimum Gasteiger partial charge on any atom is -0.327 e. The molecule has 0 radical (unpaired) electrons. The molecule has 74 valence electrons. The summed E-state index contributed by atoms with van der Waals surface area (Å²) in [7, 11) is 0. The Bertz CT molecular complexity index is 372. The summed E-state index contributed by atoms with van der Waals surface area (Å²) in [6.45, 7) is 2.31. The Labute approximate surface area is 82.2 Å². The largest absolute Gasteiger partial charge is 0.327 e. The molecule has 0 aliphatic carbocycles. The molecule has 14 heavy (non-hydrogen) atoms. The lowest BCUT2D eigenvalue weighted by atomic mass is 10.1. The summed E-state index contributed by atoms with van der Waals surface area (Å²) < 4.78 is 0. The van der Waals surface area contributed by atoms with E-state index in [4.69, 9.17) is 5.73 Å². The van der Waals surface area contributed by atoms with Gasteiger partial charge >= 0.3 is 0 Å². The second-order valence-electron chi connectivity index (χ2n) is 2.94. The summed E-state index contributed by atoms with van der Waals surface area (Å²) in [5.41, 5.74) is 7.27. The third kappa shape index (κ3) is 2.40. The Morgan fingerprint density at radius 1 is 1.57 bits per heavy atom. The van der Waals surface area contributed by atoms with Crippen LogP contribution in [0, 0.1) is 17.0 Å². The summed E-state index contributed by atoms with van der Waals surface area (Å²) in [5, 5.41) is 10.4. The van der Waals surface area contributed by atoms with Crippen molar-refractivity contribution in [2.24, 2.45) is 5.73 Å². The fourth-order valence-corrected chi connectivity index (χ4v) is 1.16. The van der Waals surface area contributed by atoms with E-state index in [0.29, 0.717) is 6.54 Å². The van der Waals surface area contributed by atoms with Crippen LogP contribution in [0.4, 0.5) is 5.69 Å². The Kier molecular flexibility index (Phi) is 3.36. The lowest BCUT2D eigenvalue weighted by Gasteiger charge is -1.99. The SMILES string of the molecule is Cc1cc([N+](=O)[O-])ccc1C=CCN. The Hall–Kier alpha value is -1.68. The van der Waals surface area contributed by atoms with Gasteiger partial charge in [0.25, 0.3) is 5.69 Å².